The molecule has 0 aliphatic heterocycles. The maximum atomic E-state index is 9.12. The second-order valence-corrected chi connectivity index (χ2v) is 5.95. The maximum absolute atomic E-state index is 9.12. The van der Waals surface area contributed by atoms with E-state index in [1.807, 2.05) is 18.2 Å². The lowest BCUT2D eigenvalue weighted by Crippen LogP contribution is -2.20. The first-order valence-corrected chi connectivity index (χ1v) is 7.84. The summed E-state index contributed by atoms with van der Waals surface area (Å²) in [5.74, 6) is 1.67. The van der Waals surface area contributed by atoms with Gasteiger partial charge in [-0.1, -0.05) is 6.07 Å². The zero-order valence-corrected chi connectivity index (χ0v) is 13.3. The molecular formula is C19H16N4O. The van der Waals surface area contributed by atoms with Crippen molar-refractivity contribution in [3.8, 4) is 11.8 Å². The zero-order valence-electron chi connectivity index (χ0n) is 13.3. The minimum atomic E-state index is 0.274. The summed E-state index contributed by atoms with van der Waals surface area (Å²) in [4.78, 5) is 8.66. The number of hydrogen-bond acceptors (Lipinski definition) is 5. The van der Waals surface area contributed by atoms with E-state index in [1.165, 1.54) is 11.1 Å². The number of aromatic nitrogens is 2. The van der Waals surface area contributed by atoms with Gasteiger partial charge in [-0.15, -0.1) is 0 Å². The van der Waals surface area contributed by atoms with E-state index in [0.717, 1.165) is 35.3 Å². The van der Waals surface area contributed by atoms with Crippen molar-refractivity contribution in [1.29, 1.82) is 5.26 Å². The van der Waals surface area contributed by atoms with Crippen LogP contribution in [-0.2, 0) is 12.8 Å². The molecule has 1 N–H and O–H groups in total. The lowest BCUT2D eigenvalue weighted by molar-refractivity contribution is 0.414. The Balaban J connectivity index is 1.63. The largest absolute Gasteiger partial charge is 0.497 e. The Hall–Kier alpha value is -3.13. The van der Waals surface area contributed by atoms with E-state index < -0.39 is 0 Å². The van der Waals surface area contributed by atoms with Crippen LogP contribution in [0, 0.1) is 11.3 Å². The van der Waals surface area contributed by atoms with Crippen LogP contribution in [0.5, 0.6) is 5.75 Å². The lowest BCUT2D eigenvalue weighted by atomic mass is 10.1. The number of methoxy groups -OCH3 is 1. The van der Waals surface area contributed by atoms with E-state index in [9.17, 15) is 0 Å². The average molecular weight is 316 g/mol. The Morgan fingerprint density at radius 2 is 2.00 bits per heavy atom. The molecule has 1 unspecified atom stereocenters. The molecule has 1 atom stereocenters. The van der Waals surface area contributed by atoms with Crippen molar-refractivity contribution in [3.63, 3.8) is 0 Å². The first-order valence-electron chi connectivity index (χ1n) is 7.84. The molecule has 0 bridgehead atoms. The minimum Gasteiger partial charge on any atom is -0.497 e. The molecule has 1 aliphatic carbocycles. The monoisotopic (exact) mass is 316 g/mol. The Morgan fingerprint density at radius 1 is 1.12 bits per heavy atom. The second kappa shape index (κ2) is 5.82. The highest BCUT2D eigenvalue weighted by molar-refractivity contribution is 5.90. The van der Waals surface area contributed by atoms with Gasteiger partial charge in [-0.05, 0) is 54.3 Å². The second-order valence-electron chi connectivity index (χ2n) is 5.95. The van der Waals surface area contributed by atoms with E-state index in [-0.39, 0.29) is 6.04 Å². The third kappa shape index (κ3) is 2.52. The molecule has 118 valence electrons. The number of nitrogens with one attached hydrogen (secondary N) is 1. The lowest BCUT2D eigenvalue weighted by Gasteiger charge is -2.14. The van der Waals surface area contributed by atoms with Crippen LogP contribution in [0.25, 0.3) is 10.9 Å². The molecule has 0 radical (unpaired) electrons. The van der Waals surface area contributed by atoms with E-state index >= 15 is 0 Å². The fourth-order valence-corrected chi connectivity index (χ4v) is 3.26. The number of hydrogen-bond donors (Lipinski definition) is 1. The predicted octanol–water partition coefficient (Wildman–Crippen LogP) is 3.09. The van der Waals surface area contributed by atoms with Gasteiger partial charge in [0.15, 0.2) is 0 Å². The van der Waals surface area contributed by atoms with Gasteiger partial charge in [-0.2, -0.15) is 5.26 Å². The molecule has 0 amide bonds. The number of anilines is 1. The van der Waals surface area contributed by atoms with Crippen LogP contribution in [-0.4, -0.2) is 23.1 Å². The van der Waals surface area contributed by atoms with Crippen molar-refractivity contribution < 1.29 is 4.74 Å². The van der Waals surface area contributed by atoms with E-state index in [4.69, 9.17) is 10.00 Å². The topological polar surface area (TPSA) is 70.8 Å². The van der Waals surface area contributed by atoms with E-state index in [1.54, 1.807) is 19.5 Å². The summed E-state index contributed by atoms with van der Waals surface area (Å²) in [7, 11) is 1.69. The number of nitriles is 1. The predicted molar refractivity (Wildman–Crippen MR) is 92.1 cm³/mol. The quantitative estimate of drug-likeness (QED) is 0.804. The van der Waals surface area contributed by atoms with Crippen molar-refractivity contribution in [2.45, 2.75) is 18.9 Å². The van der Waals surface area contributed by atoms with Crippen LogP contribution in [0.3, 0.4) is 0 Å². The summed E-state index contributed by atoms with van der Waals surface area (Å²) >= 11 is 0. The normalized spacial score (nSPS) is 15.8. The molecule has 5 heteroatoms. The summed E-state index contributed by atoms with van der Waals surface area (Å²) in [6.07, 6.45) is 3.43. The van der Waals surface area contributed by atoms with Crippen LogP contribution >= 0.6 is 0 Å². The Kier molecular flexibility index (Phi) is 3.51. The van der Waals surface area contributed by atoms with Gasteiger partial charge in [-0.25, -0.2) is 9.97 Å². The molecule has 24 heavy (non-hydrogen) atoms. The average Bonchev–Trinajstić information content (AvgIpc) is 3.03. The molecule has 1 aromatic heterocycles. The third-order valence-electron chi connectivity index (χ3n) is 4.45. The summed E-state index contributed by atoms with van der Waals surface area (Å²) in [5, 5.41) is 13.5. The Labute approximate surface area is 139 Å². The minimum absolute atomic E-state index is 0.274. The van der Waals surface area contributed by atoms with Crippen LogP contribution in [0.15, 0.2) is 42.7 Å². The van der Waals surface area contributed by atoms with Gasteiger partial charge in [0.25, 0.3) is 0 Å². The highest BCUT2D eigenvalue weighted by Gasteiger charge is 2.22. The molecule has 0 saturated carbocycles. The van der Waals surface area contributed by atoms with Gasteiger partial charge in [0.2, 0.25) is 0 Å². The van der Waals surface area contributed by atoms with Gasteiger partial charge in [0.1, 0.15) is 17.9 Å². The number of ether oxygens (including phenoxy) is 1. The maximum Gasteiger partial charge on any atom is 0.137 e. The van der Waals surface area contributed by atoms with Gasteiger partial charge >= 0.3 is 0 Å². The van der Waals surface area contributed by atoms with Gasteiger partial charge < -0.3 is 10.1 Å². The van der Waals surface area contributed by atoms with E-state index in [2.05, 4.69) is 33.5 Å². The summed E-state index contributed by atoms with van der Waals surface area (Å²) in [6, 6.07) is 14.1. The first kappa shape index (κ1) is 14.5. The fraction of sp³-hybridized carbons (Fsp3) is 0.211. The molecule has 0 fully saturated rings. The molecule has 1 heterocycles. The van der Waals surface area contributed by atoms with Crippen molar-refractivity contribution >= 4 is 16.7 Å². The highest BCUT2D eigenvalue weighted by atomic mass is 16.5. The fourth-order valence-electron chi connectivity index (χ4n) is 3.26. The van der Waals surface area contributed by atoms with Crippen LogP contribution < -0.4 is 10.1 Å². The van der Waals surface area contributed by atoms with Gasteiger partial charge in [0.05, 0.1) is 24.3 Å². The third-order valence-corrected chi connectivity index (χ3v) is 4.45. The van der Waals surface area contributed by atoms with Crippen molar-refractivity contribution in [2.75, 3.05) is 12.4 Å². The molecule has 0 saturated heterocycles. The van der Waals surface area contributed by atoms with Crippen LogP contribution in [0.2, 0.25) is 0 Å². The Morgan fingerprint density at radius 3 is 2.83 bits per heavy atom. The highest BCUT2D eigenvalue weighted by Crippen LogP contribution is 2.29. The SMILES string of the molecule is COc1ccc2c(c1)CC(Nc1ncnc3ccc(C#N)cc13)C2. The number of benzene rings is 2. The van der Waals surface area contributed by atoms with Gasteiger partial charge in [-0.3, -0.25) is 0 Å². The molecule has 4 rings (SSSR count). The number of rotatable bonds is 3. The van der Waals surface area contributed by atoms with E-state index in [0.29, 0.717) is 5.56 Å². The standard InChI is InChI=1S/C19H16N4O/c1-24-16-4-3-13-7-15(8-14(13)9-16)23-19-17-6-12(10-20)2-5-18(17)21-11-22-19/h2-6,9,11,15H,7-8H2,1H3,(H,21,22,23). The zero-order chi connectivity index (χ0) is 16.5. The number of fused-ring (bicyclic) bond motifs is 2. The van der Waals surface area contributed by atoms with Crippen molar-refractivity contribution in [3.05, 3.63) is 59.4 Å². The van der Waals surface area contributed by atoms with Crippen molar-refractivity contribution in [1.82, 2.24) is 9.97 Å². The molecule has 1 aliphatic rings. The summed E-state index contributed by atoms with van der Waals surface area (Å²) in [6.45, 7) is 0. The van der Waals surface area contributed by atoms with Crippen molar-refractivity contribution in [2.24, 2.45) is 0 Å². The number of nitrogens with zero attached hydrogens (tertiary/aromatic N) is 3. The summed E-state index contributed by atoms with van der Waals surface area (Å²) < 4.78 is 5.30. The molecule has 5 nitrogen and oxygen atoms in total. The smallest absolute Gasteiger partial charge is 0.137 e. The molecular weight excluding hydrogens is 300 g/mol. The van der Waals surface area contributed by atoms with Crippen LogP contribution in [0.1, 0.15) is 16.7 Å². The van der Waals surface area contributed by atoms with Crippen LogP contribution in [0.4, 0.5) is 5.82 Å². The first-order chi connectivity index (χ1) is 11.8. The molecule has 0 spiro atoms. The summed E-state index contributed by atoms with van der Waals surface area (Å²) in [5.41, 5.74) is 4.09. The van der Waals surface area contributed by atoms with Gasteiger partial charge in [0, 0.05) is 11.4 Å². The molecule has 3 aromatic rings. The Bertz CT molecular complexity index is 961. The molecule has 2 aromatic carbocycles.